The van der Waals surface area contributed by atoms with Crippen molar-refractivity contribution in [1.29, 1.82) is 0 Å². The highest BCUT2D eigenvalue weighted by Gasteiger charge is 2.13. The number of para-hydroxylation sites is 1. The van der Waals surface area contributed by atoms with Crippen molar-refractivity contribution in [2.45, 2.75) is 26.2 Å². The summed E-state index contributed by atoms with van der Waals surface area (Å²) in [5.74, 6) is -0.850. The lowest BCUT2D eigenvalue weighted by Gasteiger charge is -2.07. The maximum atomic E-state index is 12.4. The summed E-state index contributed by atoms with van der Waals surface area (Å²) in [6, 6.07) is 6.97. The molecule has 3 N–H and O–H groups in total. The van der Waals surface area contributed by atoms with Crippen LogP contribution in [0.25, 0.3) is 10.9 Å². The van der Waals surface area contributed by atoms with Crippen LogP contribution in [0.1, 0.15) is 33.9 Å². The Morgan fingerprint density at radius 1 is 1.18 bits per heavy atom. The number of thiazole rings is 1. The maximum absolute atomic E-state index is 12.4. The highest BCUT2D eigenvalue weighted by atomic mass is 32.1. The molecule has 2 heterocycles. The smallest absolute Gasteiger partial charge is 0.257 e. The van der Waals surface area contributed by atoms with Gasteiger partial charge in [0.05, 0.1) is 11.6 Å². The number of aromatic amines is 1. The average molecular weight is 398 g/mol. The summed E-state index contributed by atoms with van der Waals surface area (Å²) in [6.07, 6.45) is 4.04. The highest BCUT2D eigenvalue weighted by molar-refractivity contribution is 7.09. The number of nitrogens with one attached hydrogen (secondary N) is 3. The molecule has 0 fully saturated rings. The number of rotatable bonds is 8. The summed E-state index contributed by atoms with van der Waals surface area (Å²) in [5.41, 5.74) is 1.33. The fraction of sp³-hybridized carbons (Fsp3) is 0.300. The maximum Gasteiger partial charge on any atom is 0.257 e. The van der Waals surface area contributed by atoms with Gasteiger partial charge in [-0.25, -0.2) is 4.98 Å². The van der Waals surface area contributed by atoms with E-state index < -0.39 is 5.91 Å². The van der Waals surface area contributed by atoms with E-state index in [1.807, 2.05) is 12.3 Å². The number of carbonyl (C=O) groups is 2. The molecule has 0 saturated carbocycles. The molecule has 0 spiro atoms. The van der Waals surface area contributed by atoms with E-state index in [0.29, 0.717) is 17.4 Å². The number of carbonyl (C=O) groups excluding carboxylic acids is 2. The Labute approximate surface area is 166 Å². The average Bonchev–Trinajstić information content (AvgIpc) is 3.11. The Balaban J connectivity index is 1.41. The minimum Gasteiger partial charge on any atom is -0.360 e. The second-order valence-corrected chi connectivity index (χ2v) is 7.39. The van der Waals surface area contributed by atoms with Crippen LogP contribution in [0.5, 0.6) is 0 Å². The number of hydrogen-bond acceptors (Lipinski definition) is 5. The summed E-state index contributed by atoms with van der Waals surface area (Å²) in [6.45, 7) is 2.34. The van der Waals surface area contributed by atoms with Crippen molar-refractivity contribution in [1.82, 2.24) is 20.6 Å². The predicted molar refractivity (Wildman–Crippen MR) is 110 cm³/mol. The third-order valence-corrected chi connectivity index (χ3v) is 5.28. The molecule has 28 heavy (non-hydrogen) atoms. The van der Waals surface area contributed by atoms with Crippen LogP contribution in [0.4, 0.5) is 0 Å². The van der Waals surface area contributed by atoms with Gasteiger partial charge in [0.15, 0.2) is 0 Å². The van der Waals surface area contributed by atoms with Gasteiger partial charge in [0.1, 0.15) is 5.56 Å². The highest BCUT2D eigenvalue weighted by Crippen LogP contribution is 2.11. The van der Waals surface area contributed by atoms with E-state index in [1.165, 1.54) is 6.20 Å². The number of aryl methyl sites for hydroxylation is 2. The largest absolute Gasteiger partial charge is 0.360 e. The topological polar surface area (TPSA) is 104 Å². The molecule has 0 aliphatic heterocycles. The fourth-order valence-electron chi connectivity index (χ4n) is 2.80. The molecule has 2 amide bonds. The molecule has 8 heteroatoms. The van der Waals surface area contributed by atoms with Crippen LogP contribution < -0.4 is 16.1 Å². The van der Waals surface area contributed by atoms with Gasteiger partial charge in [0.2, 0.25) is 11.3 Å². The first-order valence-corrected chi connectivity index (χ1v) is 9.99. The van der Waals surface area contributed by atoms with Gasteiger partial charge in [-0.1, -0.05) is 12.1 Å². The molecule has 146 valence electrons. The molecule has 3 aromatic rings. The Hall–Kier alpha value is -3.00. The number of H-pyrrole nitrogens is 1. The van der Waals surface area contributed by atoms with Gasteiger partial charge in [0, 0.05) is 34.7 Å². The molecule has 0 radical (unpaired) electrons. The van der Waals surface area contributed by atoms with E-state index >= 15 is 0 Å². The second-order valence-electron chi connectivity index (χ2n) is 6.45. The molecule has 7 nitrogen and oxygen atoms in total. The number of nitrogens with zero attached hydrogens (tertiary/aromatic N) is 1. The van der Waals surface area contributed by atoms with Gasteiger partial charge < -0.3 is 15.6 Å². The lowest BCUT2D eigenvalue weighted by Crippen LogP contribution is -2.38. The van der Waals surface area contributed by atoms with Crippen molar-refractivity contribution >= 4 is 34.1 Å². The summed E-state index contributed by atoms with van der Waals surface area (Å²) < 4.78 is 0. The molecular weight excluding hydrogens is 376 g/mol. The number of unbranched alkanes of at least 4 members (excludes halogenated alkanes) is 1. The molecule has 0 saturated heterocycles. The van der Waals surface area contributed by atoms with E-state index in [-0.39, 0.29) is 23.4 Å². The van der Waals surface area contributed by atoms with E-state index in [2.05, 4.69) is 20.6 Å². The number of fused-ring (bicyclic) bond motifs is 1. The quantitative estimate of drug-likeness (QED) is 0.506. The van der Waals surface area contributed by atoms with Crippen LogP contribution in [-0.2, 0) is 11.2 Å². The SMILES string of the molecule is Cc1csc(CCCCNC(=O)CNC(=O)c2c[nH]c3ccccc3c2=O)n1. The summed E-state index contributed by atoms with van der Waals surface area (Å²) in [5, 5.41) is 8.84. The van der Waals surface area contributed by atoms with Crippen LogP contribution in [0.3, 0.4) is 0 Å². The Morgan fingerprint density at radius 3 is 2.79 bits per heavy atom. The number of pyridine rings is 1. The lowest BCUT2D eigenvalue weighted by molar-refractivity contribution is -0.120. The minimum absolute atomic E-state index is 0.00904. The van der Waals surface area contributed by atoms with Crippen molar-refractivity contribution in [3.8, 4) is 0 Å². The number of amides is 2. The van der Waals surface area contributed by atoms with Gasteiger partial charge >= 0.3 is 0 Å². The first-order chi connectivity index (χ1) is 13.5. The summed E-state index contributed by atoms with van der Waals surface area (Å²) >= 11 is 1.65. The monoisotopic (exact) mass is 398 g/mol. The second kappa shape index (κ2) is 9.27. The van der Waals surface area contributed by atoms with Crippen LogP contribution >= 0.6 is 11.3 Å². The van der Waals surface area contributed by atoms with Crippen molar-refractivity contribution in [3.05, 3.63) is 62.3 Å². The Bertz CT molecular complexity index is 1040. The van der Waals surface area contributed by atoms with E-state index in [1.54, 1.807) is 35.6 Å². The van der Waals surface area contributed by atoms with Crippen LogP contribution in [0, 0.1) is 6.92 Å². The van der Waals surface area contributed by atoms with Gasteiger partial charge in [-0.3, -0.25) is 14.4 Å². The van der Waals surface area contributed by atoms with Crippen LogP contribution in [0.2, 0.25) is 0 Å². The summed E-state index contributed by atoms with van der Waals surface area (Å²) in [4.78, 5) is 43.8. The molecule has 1 aromatic carbocycles. The normalized spacial score (nSPS) is 10.8. The first-order valence-electron chi connectivity index (χ1n) is 9.11. The predicted octanol–water partition coefficient (Wildman–Crippen LogP) is 2.16. The molecule has 3 rings (SSSR count). The van der Waals surface area contributed by atoms with Gasteiger partial charge in [-0.2, -0.15) is 0 Å². The molecular formula is C20H22N4O3S. The zero-order valence-corrected chi connectivity index (χ0v) is 16.4. The Morgan fingerprint density at radius 2 is 2.00 bits per heavy atom. The fourth-order valence-corrected chi connectivity index (χ4v) is 3.62. The zero-order valence-electron chi connectivity index (χ0n) is 15.6. The summed E-state index contributed by atoms with van der Waals surface area (Å²) in [7, 11) is 0. The van der Waals surface area contributed by atoms with E-state index in [9.17, 15) is 14.4 Å². The minimum atomic E-state index is -0.568. The van der Waals surface area contributed by atoms with E-state index in [4.69, 9.17) is 0 Å². The van der Waals surface area contributed by atoms with E-state index in [0.717, 1.165) is 30.0 Å². The van der Waals surface area contributed by atoms with Crippen LogP contribution in [-0.4, -0.2) is 34.9 Å². The molecule has 2 aromatic heterocycles. The van der Waals surface area contributed by atoms with Crippen molar-refractivity contribution in [3.63, 3.8) is 0 Å². The lowest BCUT2D eigenvalue weighted by atomic mass is 10.1. The van der Waals surface area contributed by atoms with Crippen molar-refractivity contribution in [2.24, 2.45) is 0 Å². The van der Waals surface area contributed by atoms with Crippen molar-refractivity contribution < 1.29 is 9.59 Å². The van der Waals surface area contributed by atoms with Crippen molar-refractivity contribution in [2.75, 3.05) is 13.1 Å². The number of benzene rings is 1. The number of aromatic nitrogens is 2. The van der Waals surface area contributed by atoms with Gasteiger partial charge in [-0.05, 0) is 38.3 Å². The molecule has 0 bridgehead atoms. The van der Waals surface area contributed by atoms with Gasteiger partial charge in [0.25, 0.3) is 5.91 Å². The third kappa shape index (κ3) is 5.04. The zero-order chi connectivity index (χ0) is 19.9. The Kier molecular flexibility index (Phi) is 6.54. The first kappa shape index (κ1) is 19.8. The molecule has 0 atom stereocenters. The standard InChI is InChI=1S/C20H22N4O3S/c1-13-12-28-18(24-13)8-4-5-9-21-17(25)11-23-20(27)15-10-22-16-7-3-2-6-14(16)19(15)26/h2-3,6-7,10,12H,4-5,8-9,11H2,1H3,(H,21,25)(H,22,26)(H,23,27). The molecule has 0 unspecified atom stereocenters. The number of hydrogen-bond donors (Lipinski definition) is 3. The third-order valence-electron chi connectivity index (χ3n) is 4.25. The molecule has 0 aliphatic rings. The van der Waals surface area contributed by atoms with Crippen LogP contribution in [0.15, 0.2) is 40.6 Å². The van der Waals surface area contributed by atoms with Gasteiger partial charge in [-0.15, -0.1) is 11.3 Å². The molecule has 0 aliphatic carbocycles.